The maximum Gasteiger partial charge on any atom is 0.273 e. The van der Waals surface area contributed by atoms with Crippen LogP contribution in [0.1, 0.15) is 54.5 Å². The average molecular weight is 366 g/mol. The number of rotatable bonds is 2. The molecule has 0 fully saturated rings. The molecule has 3 rings (SSSR count). The Labute approximate surface area is 159 Å². The van der Waals surface area contributed by atoms with Crippen molar-refractivity contribution in [2.24, 2.45) is 4.99 Å². The Morgan fingerprint density at radius 3 is 2.67 bits per heavy atom. The van der Waals surface area contributed by atoms with E-state index in [1.54, 1.807) is 7.05 Å². The van der Waals surface area contributed by atoms with Gasteiger partial charge in [-0.3, -0.25) is 14.9 Å². The zero-order valence-electron chi connectivity index (χ0n) is 16.5. The molecule has 1 aromatic heterocycles. The van der Waals surface area contributed by atoms with Crippen LogP contribution in [0.2, 0.25) is 0 Å². The molecule has 142 valence electrons. The Morgan fingerprint density at radius 1 is 1.37 bits per heavy atom. The predicted octanol–water partition coefficient (Wildman–Crippen LogP) is 3.83. The third kappa shape index (κ3) is 3.89. The zero-order valence-corrected chi connectivity index (χ0v) is 16.5. The largest absolute Gasteiger partial charge is 0.321 e. The molecule has 2 aromatic rings. The van der Waals surface area contributed by atoms with Crippen LogP contribution in [0.5, 0.6) is 0 Å². The lowest BCUT2D eigenvalue weighted by Gasteiger charge is -2.32. The van der Waals surface area contributed by atoms with Crippen molar-refractivity contribution in [3.05, 3.63) is 58.4 Å². The monoisotopic (exact) mass is 366 g/mol. The number of carbonyl (C=O) groups excluding carboxylic acids is 2. The Kier molecular flexibility index (Phi) is 6.10. The third-order valence-corrected chi connectivity index (χ3v) is 4.68. The minimum absolute atomic E-state index is 0.174. The highest BCUT2D eigenvalue weighted by molar-refractivity contribution is 6.16. The number of aromatic nitrogens is 2. The lowest BCUT2D eigenvalue weighted by atomic mass is 9.71. The number of carbonyl (C=O) groups is 2. The highest BCUT2D eigenvalue weighted by atomic mass is 16.2. The molecule has 0 spiro atoms. The molecule has 1 aromatic carbocycles. The van der Waals surface area contributed by atoms with E-state index >= 15 is 0 Å². The van der Waals surface area contributed by atoms with Gasteiger partial charge in [0.15, 0.2) is 0 Å². The van der Waals surface area contributed by atoms with Gasteiger partial charge in [0, 0.05) is 18.3 Å². The van der Waals surface area contributed by atoms with E-state index in [1.807, 2.05) is 44.9 Å². The molecular weight excluding hydrogens is 340 g/mol. The van der Waals surface area contributed by atoms with Crippen LogP contribution in [0.25, 0.3) is 0 Å². The van der Waals surface area contributed by atoms with E-state index in [4.69, 9.17) is 4.79 Å². The Bertz CT molecular complexity index is 907. The predicted molar refractivity (Wildman–Crippen MR) is 109 cm³/mol. The smallest absolute Gasteiger partial charge is 0.273 e. The van der Waals surface area contributed by atoms with Crippen molar-refractivity contribution in [2.45, 2.75) is 39.5 Å². The van der Waals surface area contributed by atoms with Crippen molar-refractivity contribution in [1.82, 2.24) is 10.2 Å². The fourth-order valence-corrected chi connectivity index (χ4v) is 3.54. The van der Waals surface area contributed by atoms with Crippen molar-refractivity contribution in [2.75, 3.05) is 12.4 Å². The third-order valence-electron chi connectivity index (χ3n) is 4.68. The van der Waals surface area contributed by atoms with E-state index in [-0.39, 0.29) is 11.3 Å². The standard InChI is InChI=1S/C20H24N4O.CH2O/c1-6-13-11-20(3,4)15-17(16(13)21-5)23-24-18(15)19(25)22-14-9-7-8-12(2)10-14;1-2/h6-10H,11H2,1-5H3,(H,22,25)(H,23,24);1H2/b13-6-,21-16?;. The van der Waals surface area contributed by atoms with Crippen LogP contribution in [0.15, 0.2) is 40.9 Å². The molecule has 0 bridgehead atoms. The van der Waals surface area contributed by atoms with E-state index in [2.05, 4.69) is 40.4 Å². The molecule has 1 aliphatic rings. The summed E-state index contributed by atoms with van der Waals surface area (Å²) >= 11 is 0. The Morgan fingerprint density at radius 2 is 2.07 bits per heavy atom. The highest BCUT2D eigenvalue weighted by Gasteiger charge is 2.39. The van der Waals surface area contributed by atoms with Crippen LogP contribution < -0.4 is 5.32 Å². The van der Waals surface area contributed by atoms with Gasteiger partial charge in [-0.1, -0.05) is 32.1 Å². The molecule has 2 N–H and O–H groups in total. The summed E-state index contributed by atoms with van der Waals surface area (Å²) < 4.78 is 0. The molecule has 6 nitrogen and oxygen atoms in total. The van der Waals surface area contributed by atoms with Crippen molar-refractivity contribution in [3.63, 3.8) is 0 Å². The van der Waals surface area contributed by atoms with Crippen molar-refractivity contribution in [3.8, 4) is 0 Å². The topological polar surface area (TPSA) is 87.2 Å². The normalized spacial score (nSPS) is 17.8. The van der Waals surface area contributed by atoms with Gasteiger partial charge < -0.3 is 10.1 Å². The first-order valence-corrected chi connectivity index (χ1v) is 8.76. The SMILES string of the molecule is C/C=C1/CC(C)(C)c2c(n[nH]c2C(=O)Nc2cccc(C)c2)C1=NC.C=O. The maximum absolute atomic E-state index is 12.9. The minimum Gasteiger partial charge on any atom is -0.321 e. The van der Waals surface area contributed by atoms with Crippen LogP contribution in [0, 0.1) is 6.92 Å². The quantitative estimate of drug-likeness (QED) is 0.847. The fraction of sp³-hybridized carbons (Fsp3) is 0.333. The molecule has 27 heavy (non-hydrogen) atoms. The molecule has 0 unspecified atom stereocenters. The number of anilines is 1. The number of fused-ring (bicyclic) bond motifs is 1. The van der Waals surface area contributed by atoms with E-state index in [0.29, 0.717) is 5.69 Å². The molecule has 0 aliphatic heterocycles. The van der Waals surface area contributed by atoms with E-state index in [0.717, 1.165) is 40.2 Å². The summed E-state index contributed by atoms with van der Waals surface area (Å²) in [6.45, 7) is 10.3. The summed E-state index contributed by atoms with van der Waals surface area (Å²) in [5.41, 5.74) is 5.93. The van der Waals surface area contributed by atoms with Crippen molar-refractivity contribution < 1.29 is 9.59 Å². The summed E-state index contributed by atoms with van der Waals surface area (Å²) in [6, 6.07) is 7.76. The highest BCUT2D eigenvalue weighted by Crippen LogP contribution is 2.40. The van der Waals surface area contributed by atoms with Crippen LogP contribution in [0.3, 0.4) is 0 Å². The number of hydrogen-bond acceptors (Lipinski definition) is 4. The van der Waals surface area contributed by atoms with E-state index < -0.39 is 0 Å². The first-order chi connectivity index (χ1) is 12.9. The van der Waals surface area contributed by atoms with E-state index in [9.17, 15) is 4.79 Å². The molecule has 1 amide bonds. The minimum atomic E-state index is -0.197. The summed E-state index contributed by atoms with van der Waals surface area (Å²) in [4.78, 5) is 25.3. The van der Waals surface area contributed by atoms with E-state index in [1.165, 1.54) is 0 Å². The maximum atomic E-state index is 12.9. The van der Waals surface area contributed by atoms with Gasteiger partial charge in [-0.05, 0) is 49.0 Å². The van der Waals surface area contributed by atoms with Crippen LogP contribution >= 0.6 is 0 Å². The Balaban J connectivity index is 0.00000126. The second-order valence-corrected chi connectivity index (χ2v) is 7.09. The number of nitrogens with zero attached hydrogens (tertiary/aromatic N) is 2. The molecule has 0 radical (unpaired) electrons. The van der Waals surface area contributed by atoms with Crippen molar-refractivity contribution >= 4 is 24.1 Å². The summed E-state index contributed by atoms with van der Waals surface area (Å²) in [7, 11) is 1.77. The summed E-state index contributed by atoms with van der Waals surface area (Å²) in [5.74, 6) is -0.174. The second-order valence-electron chi connectivity index (χ2n) is 7.09. The first-order valence-electron chi connectivity index (χ1n) is 8.76. The molecular formula is C21H26N4O2. The van der Waals surface area contributed by atoms with Crippen molar-refractivity contribution in [1.29, 1.82) is 0 Å². The average Bonchev–Trinajstić information content (AvgIpc) is 3.09. The van der Waals surface area contributed by atoms with Crippen LogP contribution in [-0.4, -0.2) is 35.7 Å². The van der Waals surface area contributed by atoms with Gasteiger partial charge in [-0.25, -0.2) is 0 Å². The van der Waals surface area contributed by atoms with Gasteiger partial charge >= 0.3 is 0 Å². The first kappa shape index (κ1) is 20.3. The molecule has 1 aliphatic carbocycles. The molecule has 1 heterocycles. The summed E-state index contributed by atoms with van der Waals surface area (Å²) in [5, 5.41) is 10.3. The lowest BCUT2D eigenvalue weighted by molar-refractivity contribution is -0.0980. The number of allylic oxidation sites excluding steroid dienone is 2. The summed E-state index contributed by atoms with van der Waals surface area (Å²) in [6.07, 6.45) is 2.90. The van der Waals surface area contributed by atoms with Gasteiger partial charge in [0.05, 0.1) is 5.71 Å². The zero-order chi connectivity index (χ0) is 20.2. The van der Waals surface area contributed by atoms with Crippen LogP contribution in [0.4, 0.5) is 5.69 Å². The number of nitrogens with one attached hydrogen (secondary N) is 2. The molecule has 0 saturated heterocycles. The Hall–Kier alpha value is -3.02. The van der Waals surface area contributed by atoms with Gasteiger partial charge in [0.2, 0.25) is 0 Å². The molecule has 0 saturated carbocycles. The van der Waals surface area contributed by atoms with Crippen LogP contribution in [-0.2, 0) is 10.2 Å². The molecule has 6 heteroatoms. The number of aryl methyl sites for hydroxylation is 1. The lowest BCUT2D eigenvalue weighted by Crippen LogP contribution is -2.31. The number of benzene rings is 1. The fourth-order valence-electron chi connectivity index (χ4n) is 3.54. The molecule has 0 atom stereocenters. The number of amides is 1. The van der Waals surface area contributed by atoms with Gasteiger partial charge in [-0.2, -0.15) is 5.10 Å². The number of hydrogen-bond donors (Lipinski definition) is 2. The number of H-pyrrole nitrogens is 1. The van der Waals surface area contributed by atoms with Gasteiger partial charge in [0.1, 0.15) is 18.2 Å². The number of aliphatic imine (C=N–C) groups is 1. The number of aromatic amines is 1. The second kappa shape index (κ2) is 8.12. The van der Waals surface area contributed by atoms with Gasteiger partial charge in [-0.15, -0.1) is 0 Å². The van der Waals surface area contributed by atoms with Gasteiger partial charge in [0.25, 0.3) is 5.91 Å².